The second-order valence-corrected chi connectivity index (χ2v) is 6.46. The van der Waals surface area contributed by atoms with Crippen molar-refractivity contribution < 1.29 is 14.1 Å². The molecule has 0 aliphatic carbocycles. The van der Waals surface area contributed by atoms with Gasteiger partial charge in [-0.15, -0.1) is 0 Å². The largest absolute Gasteiger partial charge is 0.489 e. The van der Waals surface area contributed by atoms with Crippen molar-refractivity contribution >= 4 is 22.9 Å². The van der Waals surface area contributed by atoms with Crippen LogP contribution in [0.5, 0.6) is 5.75 Å². The fourth-order valence-corrected chi connectivity index (χ4v) is 2.99. The van der Waals surface area contributed by atoms with Gasteiger partial charge in [0.05, 0.1) is 21.8 Å². The first kappa shape index (κ1) is 17.9. The summed E-state index contributed by atoms with van der Waals surface area (Å²) < 4.78 is 21.0. The minimum Gasteiger partial charge on any atom is -0.489 e. The van der Waals surface area contributed by atoms with Crippen LogP contribution in [0.15, 0.2) is 67.0 Å². The van der Waals surface area contributed by atoms with E-state index in [9.17, 15) is 14.5 Å². The van der Waals surface area contributed by atoms with Crippen LogP contribution < -0.4 is 4.74 Å². The van der Waals surface area contributed by atoms with Gasteiger partial charge in [0.2, 0.25) is 0 Å². The van der Waals surface area contributed by atoms with Crippen molar-refractivity contribution in [1.29, 1.82) is 0 Å². The second kappa shape index (κ2) is 7.28. The zero-order valence-electron chi connectivity index (χ0n) is 14.4. The van der Waals surface area contributed by atoms with E-state index in [1.165, 1.54) is 18.3 Å². The molecule has 2 aromatic heterocycles. The number of hydrogen-bond acceptors (Lipinski definition) is 4. The van der Waals surface area contributed by atoms with Crippen LogP contribution in [0.2, 0.25) is 5.02 Å². The number of nitrogens with zero attached hydrogens (tertiary/aromatic N) is 3. The van der Waals surface area contributed by atoms with Crippen LogP contribution in [0, 0.1) is 15.9 Å². The van der Waals surface area contributed by atoms with E-state index in [1.807, 2.05) is 12.1 Å². The van der Waals surface area contributed by atoms with Crippen LogP contribution in [-0.2, 0) is 6.61 Å². The first-order chi connectivity index (χ1) is 13.5. The van der Waals surface area contributed by atoms with E-state index in [4.69, 9.17) is 16.3 Å². The summed E-state index contributed by atoms with van der Waals surface area (Å²) in [6, 6.07) is 14.6. The molecule has 0 saturated carbocycles. The Kier molecular flexibility index (Phi) is 4.67. The summed E-state index contributed by atoms with van der Waals surface area (Å²) >= 11 is 6.00. The minimum atomic E-state index is -0.451. The summed E-state index contributed by atoms with van der Waals surface area (Å²) in [5.41, 5.74) is 2.39. The normalized spacial score (nSPS) is 10.9. The van der Waals surface area contributed by atoms with E-state index in [0.29, 0.717) is 27.7 Å². The average Bonchev–Trinajstić information content (AvgIpc) is 3.11. The van der Waals surface area contributed by atoms with E-state index in [2.05, 4.69) is 4.98 Å². The Balaban J connectivity index is 1.53. The summed E-state index contributed by atoms with van der Waals surface area (Å²) in [5.74, 6) is 0.144. The van der Waals surface area contributed by atoms with Crippen molar-refractivity contribution in [2.75, 3.05) is 0 Å². The molecule has 0 saturated heterocycles. The quantitative estimate of drug-likeness (QED) is 0.339. The highest BCUT2D eigenvalue weighted by Crippen LogP contribution is 2.25. The topological polar surface area (TPSA) is 69.7 Å². The van der Waals surface area contributed by atoms with Gasteiger partial charge in [-0.05, 0) is 42.5 Å². The Bertz CT molecular complexity index is 1160. The Labute approximate surface area is 163 Å². The van der Waals surface area contributed by atoms with Gasteiger partial charge >= 0.3 is 0 Å². The third kappa shape index (κ3) is 3.52. The summed E-state index contributed by atoms with van der Waals surface area (Å²) in [4.78, 5) is 14.9. The molecular weight excluding hydrogens is 385 g/mol. The molecule has 0 bridgehead atoms. The van der Waals surface area contributed by atoms with Gasteiger partial charge in [-0.3, -0.25) is 14.5 Å². The van der Waals surface area contributed by atoms with Crippen LogP contribution >= 0.6 is 11.6 Å². The van der Waals surface area contributed by atoms with E-state index in [-0.39, 0.29) is 12.3 Å². The number of hydrogen-bond donors (Lipinski definition) is 0. The van der Waals surface area contributed by atoms with Crippen molar-refractivity contribution in [3.63, 3.8) is 0 Å². The molecule has 4 aromatic rings. The molecule has 0 radical (unpaired) electrons. The van der Waals surface area contributed by atoms with E-state index >= 15 is 0 Å². The number of rotatable bonds is 5. The number of aromatic nitrogens is 2. The lowest BCUT2D eigenvalue weighted by molar-refractivity contribution is -0.385. The summed E-state index contributed by atoms with van der Waals surface area (Å²) in [7, 11) is 0. The van der Waals surface area contributed by atoms with Gasteiger partial charge in [-0.1, -0.05) is 17.7 Å². The maximum atomic E-state index is 13.8. The molecule has 0 spiro atoms. The zero-order valence-corrected chi connectivity index (χ0v) is 15.1. The predicted octanol–water partition coefficient (Wildman–Crippen LogP) is 5.28. The highest BCUT2D eigenvalue weighted by Gasteiger charge is 2.11. The molecule has 0 amide bonds. The number of ether oxygens (including phenoxy) is 1. The highest BCUT2D eigenvalue weighted by molar-refractivity contribution is 6.31. The molecule has 0 unspecified atom stereocenters. The number of halogens is 2. The lowest BCUT2D eigenvalue weighted by atomic mass is 10.1. The Morgan fingerprint density at radius 1 is 1.11 bits per heavy atom. The molecule has 0 atom stereocenters. The minimum absolute atomic E-state index is 0.00740. The van der Waals surface area contributed by atoms with Gasteiger partial charge < -0.3 is 4.74 Å². The molecular formula is C20H13ClFN3O3. The van der Waals surface area contributed by atoms with E-state index in [1.54, 1.807) is 40.9 Å². The molecule has 0 aliphatic heterocycles. The SMILES string of the molecule is O=[N+]([O-])c1ccc2nc(-c3ccc(OCc4c(F)cccc4Cl)cc3)cn2c1. The number of imidazole rings is 1. The predicted molar refractivity (Wildman–Crippen MR) is 103 cm³/mol. The summed E-state index contributed by atoms with van der Waals surface area (Å²) in [6.45, 7) is 0.0168. The van der Waals surface area contributed by atoms with Gasteiger partial charge in [0, 0.05) is 23.4 Å². The lowest BCUT2D eigenvalue weighted by Gasteiger charge is -2.09. The molecule has 28 heavy (non-hydrogen) atoms. The van der Waals surface area contributed by atoms with Crippen LogP contribution in [0.4, 0.5) is 10.1 Å². The maximum absolute atomic E-state index is 13.8. The van der Waals surface area contributed by atoms with Gasteiger partial charge in [0.15, 0.2) is 0 Å². The Morgan fingerprint density at radius 3 is 2.61 bits per heavy atom. The van der Waals surface area contributed by atoms with Gasteiger partial charge in [-0.2, -0.15) is 0 Å². The molecule has 2 heterocycles. The maximum Gasteiger partial charge on any atom is 0.286 e. The van der Waals surface area contributed by atoms with E-state index < -0.39 is 10.7 Å². The fourth-order valence-electron chi connectivity index (χ4n) is 2.77. The first-order valence-electron chi connectivity index (χ1n) is 8.30. The standard InChI is InChI=1S/C20H13ClFN3O3/c21-17-2-1-3-18(22)16(17)12-28-15-7-4-13(5-8-15)19-11-24-10-14(25(26)27)6-9-20(24)23-19/h1-11H,12H2. The fraction of sp³-hybridized carbons (Fsp3) is 0.0500. The number of fused-ring (bicyclic) bond motifs is 1. The molecule has 0 aliphatic rings. The van der Waals surface area contributed by atoms with Crippen molar-refractivity contribution in [3.05, 3.63) is 93.5 Å². The summed E-state index contributed by atoms with van der Waals surface area (Å²) in [6.07, 6.45) is 3.14. The van der Waals surface area contributed by atoms with Gasteiger partial charge in [-0.25, -0.2) is 9.37 Å². The smallest absolute Gasteiger partial charge is 0.286 e. The van der Waals surface area contributed by atoms with Crippen molar-refractivity contribution in [3.8, 4) is 17.0 Å². The molecule has 8 heteroatoms. The molecule has 6 nitrogen and oxygen atoms in total. The monoisotopic (exact) mass is 397 g/mol. The van der Waals surface area contributed by atoms with Crippen molar-refractivity contribution in [1.82, 2.24) is 9.38 Å². The lowest BCUT2D eigenvalue weighted by Crippen LogP contribution is -1.99. The average molecular weight is 398 g/mol. The third-order valence-electron chi connectivity index (χ3n) is 4.24. The molecule has 0 fully saturated rings. The van der Waals surface area contributed by atoms with Crippen molar-refractivity contribution in [2.24, 2.45) is 0 Å². The van der Waals surface area contributed by atoms with E-state index in [0.717, 1.165) is 5.56 Å². The van der Waals surface area contributed by atoms with Crippen molar-refractivity contribution in [2.45, 2.75) is 6.61 Å². The Morgan fingerprint density at radius 2 is 1.89 bits per heavy atom. The zero-order chi connectivity index (χ0) is 19.7. The van der Waals surface area contributed by atoms with Gasteiger partial charge in [0.25, 0.3) is 5.69 Å². The second-order valence-electron chi connectivity index (χ2n) is 6.05. The molecule has 140 valence electrons. The molecule has 2 aromatic carbocycles. The highest BCUT2D eigenvalue weighted by atomic mass is 35.5. The number of benzene rings is 2. The molecule has 0 N–H and O–H groups in total. The summed E-state index contributed by atoms with van der Waals surface area (Å²) in [5, 5.41) is 11.2. The third-order valence-corrected chi connectivity index (χ3v) is 4.60. The van der Waals surface area contributed by atoms with Crippen LogP contribution in [-0.4, -0.2) is 14.3 Å². The van der Waals surface area contributed by atoms with Crippen LogP contribution in [0.3, 0.4) is 0 Å². The first-order valence-corrected chi connectivity index (χ1v) is 8.68. The Hall–Kier alpha value is -3.45. The van der Waals surface area contributed by atoms with Crippen LogP contribution in [0.1, 0.15) is 5.56 Å². The number of nitro groups is 1. The van der Waals surface area contributed by atoms with Gasteiger partial charge in [0.1, 0.15) is 23.8 Å². The number of pyridine rings is 1. The van der Waals surface area contributed by atoms with Crippen LogP contribution in [0.25, 0.3) is 16.9 Å². The molecule has 4 rings (SSSR count).